The van der Waals surface area contributed by atoms with Gasteiger partial charge in [-0.15, -0.1) is 0 Å². The van der Waals surface area contributed by atoms with Gasteiger partial charge in [0.2, 0.25) is 6.23 Å². The Kier molecular flexibility index (Phi) is 4.65. The smallest absolute Gasteiger partial charge is 0.220 e. The maximum atomic E-state index is 9.57. The standard InChI is InChI=1S/C9H17NO5/c1-2-3-10-9-8(14)7(13)6(12)5(4-11)15-9/h2,5-14H,1,3-4H2/p+1/t5-,6+,7+,8-,9-/m0/s1. The Bertz CT molecular complexity index is 211. The van der Waals surface area contributed by atoms with Crippen LogP contribution < -0.4 is 5.32 Å². The lowest BCUT2D eigenvalue weighted by Crippen LogP contribution is -2.95. The first kappa shape index (κ1) is 12.6. The van der Waals surface area contributed by atoms with Gasteiger partial charge in [0.1, 0.15) is 18.3 Å². The fourth-order valence-electron chi connectivity index (χ4n) is 1.56. The third-order valence-electron chi connectivity index (χ3n) is 2.46. The average Bonchev–Trinajstić information content (AvgIpc) is 2.25. The molecule has 6 nitrogen and oxygen atoms in total. The molecule has 0 saturated carbocycles. The molecular formula is C9H18NO5+. The van der Waals surface area contributed by atoms with Crippen molar-refractivity contribution in [2.45, 2.75) is 30.6 Å². The van der Waals surface area contributed by atoms with Crippen molar-refractivity contribution in [1.29, 1.82) is 0 Å². The first-order chi connectivity index (χ1) is 7.11. The van der Waals surface area contributed by atoms with Crippen LogP contribution in [0.4, 0.5) is 0 Å². The van der Waals surface area contributed by atoms with Crippen molar-refractivity contribution in [2.24, 2.45) is 0 Å². The minimum absolute atomic E-state index is 0.399. The normalized spacial score (nSPS) is 41.5. The van der Waals surface area contributed by atoms with Crippen LogP contribution in [0.5, 0.6) is 0 Å². The second-order valence-corrected chi connectivity index (χ2v) is 3.55. The third kappa shape index (κ3) is 2.75. The summed E-state index contributed by atoms with van der Waals surface area (Å²) in [6.45, 7) is 3.63. The van der Waals surface area contributed by atoms with Gasteiger partial charge in [-0.3, -0.25) is 0 Å². The predicted octanol–water partition coefficient (Wildman–Crippen LogP) is -3.46. The van der Waals surface area contributed by atoms with E-state index in [4.69, 9.17) is 9.84 Å². The second-order valence-electron chi connectivity index (χ2n) is 3.55. The summed E-state index contributed by atoms with van der Waals surface area (Å²) >= 11 is 0. The van der Waals surface area contributed by atoms with Gasteiger partial charge in [0.15, 0.2) is 6.10 Å². The summed E-state index contributed by atoms with van der Waals surface area (Å²) in [5.74, 6) is 0. The van der Waals surface area contributed by atoms with Crippen molar-refractivity contribution in [3.8, 4) is 0 Å². The Morgan fingerprint density at radius 3 is 2.40 bits per heavy atom. The fraction of sp³-hybridized carbons (Fsp3) is 0.778. The Labute approximate surface area is 87.8 Å². The molecule has 1 aliphatic rings. The summed E-state index contributed by atoms with van der Waals surface area (Å²) in [5, 5.41) is 39.0. The highest BCUT2D eigenvalue weighted by Gasteiger charge is 2.45. The molecule has 0 bridgehead atoms. The third-order valence-corrected chi connectivity index (χ3v) is 2.46. The van der Waals surface area contributed by atoms with E-state index in [2.05, 4.69) is 6.58 Å². The SMILES string of the molecule is C=CC[NH2+][C@H]1O[C@@H](CO)[C@@H](O)[C@@H](O)[C@@H]1O. The van der Waals surface area contributed by atoms with E-state index in [1.54, 1.807) is 11.4 Å². The molecule has 0 radical (unpaired) electrons. The monoisotopic (exact) mass is 220 g/mol. The summed E-state index contributed by atoms with van der Waals surface area (Å²) < 4.78 is 5.22. The molecule has 0 aromatic heterocycles. The molecule has 88 valence electrons. The summed E-state index contributed by atoms with van der Waals surface area (Å²) in [4.78, 5) is 0. The minimum Gasteiger partial charge on any atom is -0.394 e. The molecule has 0 spiro atoms. The van der Waals surface area contributed by atoms with Gasteiger partial charge in [0, 0.05) is 0 Å². The molecule has 1 saturated heterocycles. The minimum atomic E-state index is -1.30. The zero-order valence-electron chi connectivity index (χ0n) is 8.36. The van der Waals surface area contributed by atoms with E-state index < -0.39 is 37.3 Å². The molecule has 0 aromatic carbocycles. The van der Waals surface area contributed by atoms with Crippen LogP contribution in [0.25, 0.3) is 0 Å². The zero-order valence-corrected chi connectivity index (χ0v) is 8.36. The maximum Gasteiger partial charge on any atom is 0.220 e. The molecule has 1 rings (SSSR count). The maximum absolute atomic E-state index is 9.57. The van der Waals surface area contributed by atoms with E-state index in [0.717, 1.165) is 0 Å². The van der Waals surface area contributed by atoms with Crippen LogP contribution in [0.15, 0.2) is 12.7 Å². The van der Waals surface area contributed by atoms with Crippen LogP contribution >= 0.6 is 0 Å². The van der Waals surface area contributed by atoms with E-state index in [0.29, 0.717) is 6.54 Å². The highest BCUT2D eigenvalue weighted by atomic mass is 16.6. The van der Waals surface area contributed by atoms with Crippen molar-refractivity contribution in [1.82, 2.24) is 0 Å². The quantitative estimate of drug-likeness (QED) is 0.317. The first-order valence-electron chi connectivity index (χ1n) is 4.86. The number of hydrogen-bond donors (Lipinski definition) is 5. The van der Waals surface area contributed by atoms with Gasteiger partial charge >= 0.3 is 0 Å². The van der Waals surface area contributed by atoms with E-state index in [-0.39, 0.29) is 0 Å². The molecule has 0 aliphatic carbocycles. The van der Waals surface area contributed by atoms with Gasteiger partial charge in [0.25, 0.3) is 0 Å². The predicted molar refractivity (Wildman–Crippen MR) is 50.8 cm³/mol. The van der Waals surface area contributed by atoms with Crippen molar-refractivity contribution < 1.29 is 30.5 Å². The molecule has 5 atom stereocenters. The molecule has 1 heterocycles. The topological polar surface area (TPSA) is 107 Å². The zero-order chi connectivity index (χ0) is 11.4. The number of ether oxygens (including phenoxy) is 1. The van der Waals surface area contributed by atoms with Crippen molar-refractivity contribution in [3.05, 3.63) is 12.7 Å². The second kappa shape index (κ2) is 5.55. The van der Waals surface area contributed by atoms with E-state index >= 15 is 0 Å². The molecule has 6 N–H and O–H groups in total. The van der Waals surface area contributed by atoms with Crippen molar-refractivity contribution in [2.75, 3.05) is 13.2 Å². The molecule has 1 aliphatic heterocycles. The molecule has 0 unspecified atom stereocenters. The number of nitrogens with two attached hydrogens (primary N) is 1. The van der Waals surface area contributed by atoms with Crippen LogP contribution in [0.2, 0.25) is 0 Å². The molecule has 15 heavy (non-hydrogen) atoms. The van der Waals surface area contributed by atoms with Crippen molar-refractivity contribution >= 4 is 0 Å². The van der Waals surface area contributed by atoms with E-state index in [1.807, 2.05) is 0 Å². The van der Waals surface area contributed by atoms with Crippen LogP contribution in [0, 0.1) is 0 Å². The number of quaternary nitrogens is 1. The van der Waals surface area contributed by atoms with Gasteiger partial charge in [-0.1, -0.05) is 6.58 Å². The Hall–Kier alpha value is -0.500. The van der Waals surface area contributed by atoms with Crippen LogP contribution in [-0.2, 0) is 4.74 Å². The highest BCUT2D eigenvalue weighted by molar-refractivity contribution is 4.88. The van der Waals surface area contributed by atoms with Gasteiger partial charge in [-0.05, 0) is 6.08 Å². The Balaban J connectivity index is 2.60. The van der Waals surface area contributed by atoms with Gasteiger partial charge in [-0.2, -0.15) is 0 Å². The van der Waals surface area contributed by atoms with Crippen LogP contribution in [0.3, 0.4) is 0 Å². The van der Waals surface area contributed by atoms with E-state index in [9.17, 15) is 15.3 Å². The fourth-order valence-corrected chi connectivity index (χ4v) is 1.56. The molecule has 0 aromatic rings. The summed E-state index contributed by atoms with van der Waals surface area (Å²) in [6.07, 6.45) is -3.68. The number of aliphatic hydroxyl groups is 4. The molecule has 0 amide bonds. The largest absolute Gasteiger partial charge is 0.394 e. The number of aliphatic hydroxyl groups excluding tert-OH is 4. The highest BCUT2D eigenvalue weighted by Crippen LogP contribution is 2.17. The van der Waals surface area contributed by atoms with Gasteiger partial charge in [0.05, 0.1) is 13.2 Å². The number of hydrogen-bond acceptors (Lipinski definition) is 5. The lowest BCUT2D eigenvalue weighted by molar-refractivity contribution is -0.736. The molecule has 6 heteroatoms. The van der Waals surface area contributed by atoms with E-state index in [1.165, 1.54) is 0 Å². The van der Waals surface area contributed by atoms with Crippen LogP contribution in [-0.4, -0.2) is 64.2 Å². The lowest BCUT2D eigenvalue weighted by atomic mass is 9.98. The average molecular weight is 220 g/mol. The Morgan fingerprint density at radius 1 is 1.20 bits per heavy atom. The lowest BCUT2D eigenvalue weighted by Gasteiger charge is -2.38. The molecule has 1 fully saturated rings. The summed E-state index contributed by atoms with van der Waals surface area (Å²) in [7, 11) is 0. The van der Waals surface area contributed by atoms with Gasteiger partial charge < -0.3 is 30.5 Å². The van der Waals surface area contributed by atoms with Crippen LogP contribution in [0.1, 0.15) is 0 Å². The summed E-state index contributed by atoms with van der Waals surface area (Å²) in [5.41, 5.74) is 0. The first-order valence-corrected chi connectivity index (χ1v) is 4.86. The molecular weight excluding hydrogens is 202 g/mol. The Morgan fingerprint density at radius 2 is 1.87 bits per heavy atom. The number of rotatable bonds is 4. The van der Waals surface area contributed by atoms with Crippen molar-refractivity contribution in [3.63, 3.8) is 0 Å². The van der Waals surface area contributed by atoms with Gasteiger partial charge in [-0.25, -0.2) is 0 Å². The summed E-state index contributed by atoms with van der Waals surface area (Å²) in [6, 6.07) is 0.